The van der Waals surface area contributed by atoms with Gasteiger partial charge >= 0.3 is 5.97 Å². The molecule has 4 rings (SSSR count). The van der Waals surface area contributed by atoms with E-state index in [4.69, 9.17) is 4.74 Å². The van der Waals surface area contributed by atoms with E-state index in [1.165, 1.54) is 37.3 Å². The van der Waals surface area contributed by atoms with Gasteiger partial charge in [0.25, 0.3) is 0 Å². The minimum atomic E-state index is -1.50. The normalized spacial score (nSPS) is 19.0. The van der Waals surface area contributed by atoms with Gasteiger partial charge in [-0.1, -0.05) is 57.8 Å². The van der Waals surface area contributed by atoms with E-state index in [0.717, 1.165) is 0 Å². The van der Waals surface area contributed by atoms with Gasteiger partial charge in [-0.05, 0) is 19.1 Å². The first kappa shape index (κ1) is 25.5. The lowest BCUT2D eigenvalue weighted by Gasteiger charge is -2.21. The molecule has 2 aliphatic rings. The molecule has 7 heteroatoms. The van der Waals surface area contributed by atoms with Crippen LogP contribution >= 0.6 is 0 Å². The van der Waals surface area contributed by atoms with Crippen molar-refractivity contribution < 1.29 is 28.2 Å². The molecular weight excluding hydrogens is 404 g/mol. The molecule has 0 fully saturated rings. The maximum atomic E-state index is 13.4. The van der Waals surface area contributed by atoms with Crippen molar-refractivity contribution >= 4 is 23.0 Å². The molecule has 31 heavy (non-hydrogen) atoms. The number of rotatable bonds is 2. The topological polar surface area (TPSA) is 75.6 Å². The van der Waals surface area contributed by atoms with Gasteiger partial charge in [-0.25, -0.2) is 13.6 Å². The first-order valence-electron chi connectivity index (χ1n) is 8.58. The Balaban J connectivity index is 0.000000292. The zero-order valence-corrected chi connectivity index (χ0v) is 15.4. The summed E-state index contributed by atoms with van der Waals surface area (Å²) < 4.78 is 31.4. The summed E-state index contributed by atoms with van der Waals surface area (Å²) in [6.07, 6.45) is 2.44. The van der Waals surface area contributed by atoms with Crippen molar-refractivity contribution in [3.8, 4) is 0 Å². The molecule has 2 heterocycles. The number of allylic oxidation sites excluding steroid dienone is 1. The van der Waals surface area contributed by atoms with Crippen LogP contribution in [0.4, 0.5) is 8.78 Å². The lowest BCUT2D eigenvalue weighted by Crippen LogP contribution is -2.40. The van der Waals surface area contributed by atoms with Crippen molar-refractivity contribution in [2.24, 2.45) is 0 Å². The lowest BCUT2D eigenvalue weighted by atomic mass is 9.98. The predicted octanol–water partition coefficient (Wildman–Crippen LogP) is 4.60. The van der Waals surface area contributed by atoms with Gasteiger partial charge in [0.15, 0.2) is 5.72 Å². The fourth-order valence-corrected chi connectivity index (χ4v) is 2.95. The largest absolute Gasteiger partial charge is 0.423 e. The van der Waals surface area contributed by atoms with Crippen LogP contribution in [0.25, 0.3) is 11.1 Å². The number of benzene rings is 2. The molecule has 0 radical (unpaired) electrons. The minimum Gasteiger partial charge on any atom is -0.423 e. The number of halogens is 2. The molecule has 5 nitrogen and oxygen atoms in total. The molecule has 2 aromatic rings. The summed E-state index contributed by atoms with van der Waals surface area (Å²) in [6.45, 7) is 4.94. The van der Waals surface area contributed by atoms with Crippen LogP contribution in [0.15, 0.2) is 73.0 Å². The van der Waals surface area contributed by atoms with Crippen molar-refractivity contribution in [3.05, 3.63) is 95.8 Å². The molecule has 1 atom stereocenters. The lowest BCUT2D eigenvalue weighted by molar-refractivity contribution is -0.132. The van der Waals surface area contributed by atoms with Crippen LogP contribution in [0, 0.1) is 11.6 Å². The van der Waals surface area contributed by atoms with E-state index in [0.29, 0.717) is 11.1 Å². The Morgan fingerprint density at radius 2 is 1.45 bits per heavy atom. The van der Waals surface area contributed by atoms with Gasteiger partial charge in [-0.2, -0.15) is 0 Å². The van der Waals surface area contributed by atoms with Crippen molar-refractivity contribution in [1.29, 1.82) is 0 Å². The zero-order chi connectivity index (χ0) is 21.2. The Labute approximate surface area is 180 Å². The van der Waals surface area contributed by atoms with Gasteiger partial charge in [0.2, 0.25) is 5.91 Å². The van der Waals surface area contributed by atoms with Crippen LogP contribution in [0.5, 0.6) is 0 Å². The molecule has 164 valence electrons. The summed E-state index contributed by atoms with van der Waals surface area (Å²) in [5, 5.41) is 12.2. The van der Waals surface area contributed by atoms with E-state index in [9.17, 15) is 23.5 Å². The van der Waals surface area contributed by atoms with E-state index in [-0.39, 0.29) is 31.7 Å². The summed E-state index contributed by atoms with van der Waals surface area (Å²) in [4.78, 5) is 22.0. The van der Waals surface area contributed by atoms with Gasteiger partial charge in [0.05, 0.1) is 0 Å². The Kier molecular flexibility index (Phi) is 8.17. The van der Waals surface area contributed by atoms with E-state index < -0.39 is 29.2 Å². The summed E-state index contributed by atoms with van der Waals surface area (Å²) in [5.74, 6) is -1.58. The standard InChI is InChI=1S/C11H10FNO2.C11H7FO2.2CH4/c1-11(15)8(6-10(14)13-11)7-4-2-3-5-9(7)12;1-7-9(6-11(13)14-7)8-4-2-3-5-10(8)12;;/h2-6,15H,1H3,(H,13,14);2-6H,1H2;2*1H4. The highest BCUT2D eigenvalue weighted by atomic mass is 19.1. The van der Waals surface area contributed by atoms with E-state index in [1.807, 2.05) is 0 Å². The number of carbonyl (C=O) groups is 2. The third-order valence-electron chi connectivity index (χ3n) is 4.28. The van der Waals surface area contributed by atoms with Crippen molar-refractivity contribution in [2.45, 2.75) is 27.5 Å². The molecule has 1 amide bonds. The van der Waals surface area contributed by atoms with Crippen LogP contribution in [0.3, 0.4) is 0 Å². The highest BCUT2D eigenvalue weighted by Gasteiger charge is 2.35. The van der Waals surface area contributed by atoms with Crippen LogP contribution in [0.1, 0.15) is 32.9 Å². The molecule has 0 saturated carbocycles. The molecule has 1 unspecified atom stereocenters. The fraction of sp³-hybridized carbons (Fsp3) is 0.167. The molecule has 2 N–H and O–H groups in total. The fourth-order valence-electron chi connectivity index (χ4n) is 2.95. The second-order valence-corrected chi connectivity index (χ2v) is 6.48. The molecular formula is C24H25F2NO4. The predicted molar refractivity (Wildman–Crippen MR) is 116 cm³/mol. The summed E-state index contributed by atoms with van der Waals surface area (Å²) in [6, 6.07) is 12.2. The van der Waals surface area contributed by atoms with Crippen molar-refractivity contribution in [1.82, 2.24) is 5.32 Å². The summed E-state index contributed by atoms with van der Waals surface area (Å²) >= 11 is 0. The van der Waals surface area contributed by atoms with Crippen LogP contribution in [-0.2, 0) is 14.3 Å². The Morgan fingerprint density at radius 1 is 0.935 bits per heavy atom. The number of esters is 1. The van der Waals surface area contributed by atoms with Crippen LogP contribution in [0.2, 0.25) is 0 Å². The van der Waals surface area contributed by atoms with E-state index in [2.05, 4.69) is 11.9 Å². The van der Waals surface area contributed by atoms with Gasteiger partial charge in [-0.3, -0.25) is 4.79 Å². The van der Waals surface area contributed by atoms with Gasteiger partial charge in [0.1, 0.15) is 17.4 Å². The first-order chi connectivity index (χ1) is 13.7. The third kappa shape index (κ3) is 5.52. The van der Waals surface area contributed by atoms with Crippen molar-refractivity contribution in [2.75, 3.05) is 0 Å². The Hall–Kier alpha value is -3.58. The second kappa shape index (κ2) is 9.95. The van der Waals surface area contributed by atoms with Crippen molar-refractivity contribution in [3.63, 3.8) is 0 Å². The van der Waals surface area contributed by atoms with E-state index in [1.54, 1.807) is 30.3 Å². The Bertz CT molecular complexity index is 1070. The van der Waals surface area contributed by atoms with Crippen LogP contribution < -0.4 is 5.32 Å². The van der Waals surface area contributed by atoms with Gasteiger partial charge < -0.3 is 15.2 Å². The second-order valence-electron chi connectivity index (χ2n) is 6.48. The van der Waals surface area contributed by atoms with Gasteiger partial charge in [-0.15, -0.1) is 0 Å². The number of hydrogen-bond acceptors (Lipinski definition) is 4. The number of nitrogens with one attached hydrogen (secondary N) is 1. The average molecular weight is 429 g/mol. The average Bonchev–Trinajstić information content (AvgIpc) is 3.13. The number of amides is 1. The summed E-state index contributed by atoms with van der Waals surface area (Å²) in [7, 11) is 0. The monoisotopic (exact) mass is 429 g/mol. The molecule has 0 aromatic heterocycles. The molecule has 2 aliphatic heterocycles. The molecule has 0 spiro atoms. The maximum absolute atomic E-state index is 13.4. The molecule has 2 aromatic carbocycles. The quantitative estimate of drug-likeness (QED) is 0.685. The number of aliphatic hydroxyl groups is 1. The first-order valence-corrected chi connectivity index (χ1v) is 8.58. The number of cyclic esters (lactones) is 1. The SMILES string of the molecule is C.C.C=C1OC(=O)C=C1c1ccccc1F.CC1(O)NC(=O)C=C1c1ccccc1F. The number of ether oxygens (including phenoxy) is 1. The smallest absolute Gasteiger partial charge is 0.336 e. The molecule has 0 bridgehead atoms. The third-order valence-corrected chi connectivity index (χ3v) is 4.28. The molecule has 0 aliphatic carbocycles. The number of carbonyl (C=O) groups excluding carboxylic acids is 2. The van der Waals surface area contributed by atoms with E-state index >= 15 is 0 Å². The molecule has 0 saturated heterocycles. The van der Waals surface area contributed by atoms with Crippen LogP contribution in [-0.4, -0.2) is 22.7 Å². The Morgan fingerprint density at radius 3 is 1.87 bits per heavy atom. The maximum Gasteiger partial charge on any atom is 0.336 e. The highest BCUT2D eigenvalue weighted by molar-refractivity contribution is 6.03. The zero-order valence-electron chi connectivity index (χ0n) is 15.4. The number of hydrogen-bond donors (Lipinski definition) is 2. The summed E-state index contributed by atoms with van der Waals surface area (Å²) in [5.41, 5.74) is -0.262. The minimum absolute atomic E-state index is 0. The highest BCUT2D eigenvalue weighted by Crippen LogP contribution is 2.31. The van der Waals surface area contributed by atoms with Gasteiger partial charge in [0, 0.05) is 34.4 Å².